The summed E-state index contributed by atoms with van der Waals surface area (Å²) < 4.78 is 37.5. The van der Waals surface area contributed by atoms with Crippen molar-refractivity contribution in [3.8, 4) is 11.3 Å². The van der Waals surface area contributed by atoms with Gasteiger partial charge >= 0.3 is 6.18 Å². The Kier molecular flexibility index (Phi) is 2.97. The monoisotopic (exact) mass is 256 g/mol. The Hall–Kier alpha value is -1.69. The molecule has 17 heavy (non-hydrogen) atoms. The smallest absolute Gasteiger partial charge is 0.267 e. The molecule has 0 bridgehead atoms. The van der Waals surface area contributed by atoms with Crippen molar-refractivity contribution in [2.45, 2.75) is 6.18 Å². The van der Waals surface area contributed by atoms with Crippen molar-refractivity contribution >= 4 is 12.2 Å². The average Bonchev–Trinajstić information content (AvgIpc) is 2.29. The molecule has 0 saturated heterocycles. The van der Waals surface area contributed by atoms with E-state index in [1.807, 2.05) is 0 Å². The zero-order valence-electron chi connectivity index (χ0n) is 8.45. The molecule has 88 valence electrons. The molecule has 0 radical (unpaired) electrons. The Labute approximate surface area is 100 Å². The summed E-state index contributed by atoms with van der Waals surface area (Å²) in [7, 11) is 0. The molecule has 0 spiro atoms. The number of rotatable bonds is 1. The Morgan fingerprint density at radius 3 is 2.12 bits per heavy atom. The van der Waals surface area contributed by atoms with E-state index in [1.165, 1.54) is 12.1 Å². The highest BCUT2D eigenvalue weighted by molar-refractivity contribution is 7.71. The highest BCUT2D eigenvalue weighted by Crippen LogP contribution is 2.30. The number of aromatic amines is 1. The predicted molar refractivity (Wildman–Crippen MR) is 59.9 cm³/mol. The van der Waals surface area contributed by atoms with Gasteiger partial charge in [-0.05, 0) is 24.3 Å². The Balaban J connectivity index is 2.36. The van der Waals surface area contributed by atoms with E-state index in [9.17, 15) is 13.2 Å². The lowest BCUT2D eigenvalue weighted by Gasteiger charge is -2.07. The van der Waals surface area contributed by atoms with Gasteiger partial charge in [-0.1, -0.05) is 24.4 Å². The van der Waals surface area contributed by atoms with E-state index in [0.29, 0.717) is 15.9 Å². The van der Waals surface area contributed by atoms with E-state index in [1.54, 1.807) is 12.1 Å². The van der Waals surface area contributed by atoms with Gasteiger partial charge in [-0.15, -0.1) is 0 Å². The van der Waals surface area contributed by atoms with Crippen LogP contribution in [0.25, 0.3) is 11.3 Å². The molecular weight excluding hydrogens is 249 g/mol. The minimum Gasteiger partial charge on any atom is -0.267 e. The third-order valence-corrected chi connectivity index (χ3v) is 2.41. The number of benzene rings is 1. The van der Waals surface area contributed by atoms with Crippen LogP contribution < -0.4 is 0 Å². The van der Waals surface area contributed by atoms with Crippen LogP contribution in [-0.4, -0.2) is 10.2 Å². The topological polar surface area (TPSA) is 28.7 Å². The van der Waals surface area contributed by atoms with Crippen LogP contribution >= 0.6 is 12.2 Å². The fourth-order valence-electron chi connectivity index (χ4n) is 1.34. The SMILES string of the molecule is FC(F)(F)c1ccc(-c2ccc(=S)[nH]n2)cc1. The van der Waals surface area contributed by atoms with E-state index in [2.05, 4.69) is 10.2 Å². The maximum atomic E-state index is 12.3. The average molecular weight is 256 g/mol. The first-order chi connectivity index (χ1) is 7.97. The number of alkyl halides is 3. The van der Waals surface area contributed by atoms with Gasteiger partial charge in [0.25, 0.3) is 0 Å². The first-order valence-corrected chi connectivity index (χ1v) is 5.11. The Morgan fingerprint density at radius 1 is 1.00 bits per heavy atom. The molecule has 0 aliphatic carbocycles. The van der Waals surface area contributed by atoms with Crippen LogP contribution in [0.2, 0.25) is 0 Å². The summed E-state index contributed by atoms with van der Waals surface area (Å²) in [4.78, 5) is 0. The first kappa shape index (κ1) is 11.8. The molecule has 0 aliphatic heterocycles. The fourth-order valence-corrected chi connectivity index (χ4v) is 1.45. The number of halogens is 3. The van der Waals surface area contributed by atoms with Crippen LogP contribution in [-0.2, 0) is 6.18 Å². The van der Waals surface area contributed by atoms with Crippen LogP contribution in [0, 0.1) is 4.64 Å². The summed E-state index contributed by atoms with van der Waals surface area (Å²) in [6.07, 6.45) is -4.32. The molecule has 1 heterocycles. The molecule has 1 aromatic carbocycles. The highest BCUT2D eigenvalue weighted by Gasteiger charge is 2.29. The number of hydrogen-bond acceptors (Lipinski definition) is 2. The normalized spacial score (nSPS) is 11.5. The summed E-state index contributed by atoms with van der Waals surface area (Å²) in [5.74, 6) is 0. The number of H-pyrrole nitrogens is 1. The van der Waals surface area contributed by atoms with Crippen LogP contribution in [0.15, 0.2) is 36.4 Å². The molecule has 0 fully saturated rings. The van der Waals surface area contributed by atoms with Gasteiger partial charge in [0.15, 0.2) is 0 Å². The molecule has 2 aromatic rings. The standard InChI is InChI=1S/C11H7F3N2S/c12-11(13,14)8-3-1-7(2-4-8)9-5-6-10(17)16-15-9/h1-6H,(H,16,17). The van der Waals surface area contributed by atoms with Crippen LogP contribution in [0.1, 0.15) is 5.56 Å². The second kappa shape index (κ2) is 4.29. The van der Waals surface area contributed by atoms with Gasteiger partial charge in [0.1, 0.15) is 4.64 Å². The van der Waals surface area contributed by atoms with Crippen molar-refractivity contribution < 1.29 is 13.2 Å². The van der Waals surface area contributed by atoms with Crippen molar-refractivity contribution in [2.24, 2.45) is 0 Å². The molecule has 2 rings (SSSR count). The highest BCUT2D eigenvalue weighted by atomic mass is 32.1. The second-order valence-corrected chi connectivity index (χ2v) is 3.82. The lowest BCUT2D eigenvalue weighted by Crippen LogP contribution is -2.04. The zero-order valence-corrected chi connectivity index (χ0v) is 9.27. The van der Waals surface area contributed by atoms with Crippen molar-refractivity contribution in [1.29, 1.82) is 0 Å². The predicted octanol–water partition coefficient (Wildman–Crippen LogP) is 3.82. The van der Waals surface area contributed by atoms with E-state index in [0.717, 1.165) is 12.1 Å². The Morgan fingerprint density at radius 2 is 1.65 bits per heavy atom. The number of nitrogens with zero attached hydrogens (tertiary/aromatic N) is 1. The number of aromatic nitrogens is 2. The van der Waals surface area contributed by atoms with Gasteiger partial charge in [-0.25, -0.2) is 0 Å². The van der Waals surface area contributed by atoms with Crippen molar-refractivity contribution in [1.82, 2.24) is 10.2 Å². The van der Waals surface area contributed by atoms with Crippen LogP contribution in [0.4, 0.5) is 13.2 Å². The van der Waals surface area contributed by atoms with Gasteiger partial charge < -0.3 is 0 Å². The maximum Gasteiger partial charge on any atom is 0.416 e. The van der Waals surface area contributed by atoms with E-state index in [-0.39, 0.29) is 0 Å². The molecule has 1 aromatic heterocycles. The summed E-state index contributed by atoms with van der Waals surface area (Å²) in [5.41, 5.74) is 0.474. The maximum absolute atomic E-state index is 12.3. The first-order valence-electron chi connectivity index (χ1n) is 4.70. The number of nitrogens with one attached hydrogen (secondary N) is 1. The minimum atomic E-state index is -4.32. The van der Waals surface area contributed by atoms with Gasteiger partial charge in [-0.3, -0.25) is 5.10 Å². The molecule has 2 nitrogen and oxygen atoms in total. The quantitative estimate of drug-likeness (QED) is 0.786. The van der Waals surface area contributed by atoms with E-state index in [4.69, 9.17) is 12.2 Å². The minimum absolute atomic E-state index is 0.473. The molecule has 0 amide bonds. The summed E-state index contributed by atoms with van der Waals surface area (Å²) in [6, 6.07) is 8.10. The molecule has 0 aliphatic rings. The second-order valence-electron chi connectivity index (χ2n) is 3.38. The van der Waals surface area contributed by atoms with Crippen LogP contribution in [0.3, 0.4) is 0 Å². The third-order valence-electron chi connectivity index (χ3n) is 2.19. The van der Waals surface area contributed by atoms with Crippen LogP contribution in [0.5, 0.6) is 0 Å². The largest absolute Gasteiger partial charge is 0.416 e. The molecule has 1 N–H and O–H groups in total. The lowest BCUT2D eigenvalue weighted by atomic mass is 10.1. The van der Waals surface area contributed by atoms with Crippen molar-refractivity contribution in [3.05, 3.63) is 46.6 Å². The molecule has 0 saturated carbocycles. The van der Waals surface area contributed by atoms with E-state index < -0.39 is 11.7 Å². The Bertz CT molecular complexity index is 552. The third kappa shape index (κ3) is 2.71. The zero-order chi connectivity index (χ0) is 12.5. The molecular formula is C11H7F3N2S. The van der Waals surface area contributed by atoms with Crippen molar-refractivity contribution in [2.75, 3.05) is 0 Å². The lowest BCUT2D eigenvalue weighted by molar-refractivity contribution is -0.137. The molecule has 0 unspecified atom stereocenters. The van der Waals surface area contributed by atoms with E-state index >= 15 is 0 Å². The number of hydrogen-bond donors (Lipinski definition) is 1. The fraction of sp³-hybridized carbons (Fsp3) is 0.0909. The van der Waals surface area contributed by atoms with Gasteiger partial charge in [-0.2, -0.15) is 18.3 Å². The molecule has 0 atom stereocenters. The van der Waals surface area contributed by atoms with Gasteiger partial charge in [0.05, 0.1) is 11.3 Å². The summed E-state index contributed by atoms with van der Waals surface area (Å²) in [5, 5.41) is 6.52. The van der Waals surface area contributed by atoms with Crippen molar-refractivity contribution in [3.63, 3.8) is 0 Å². The summed E-state index contributed by atoms with van der Waals surface area (Å²) >= 11 is 4.82. The molecule has 6 heteroatoms. The van der Waals surface area contributed by atoms with Gasteiger partial charge in [0.2, 0.25) is 0 Å². The van der Waals surface area contributed by atoms with Gasteiger partial charge in [0, 0.05) is 5.56 Å². The summed E-state index contributed by atoms with van der Waals surface area (Å²) in [6.45, 7) is 0.